The Labute approximate surface area is 307 Å². The molecule has 0 fully saturated rings. The van der Waals surface area contributed by atoms with Crippen LogP contribution in [0.25, 0.3) is 11.1 Å². The number of methoxy groups -OCH3 is 1. The summed E-state index contributed by atoms with van der Waals surface area (Å²) < 4.78 is 24.4. The highest BCUT2D eigenvalue weighted by molar-refractivity contribution is 8.77. The number of phenolic OH excluding ortho intramolecular Hbond substituents is 3. The van der Waals surface area contributed by atoms with Crippen LogP contribution in [0.3, 0.4) is 0 Å². The smallest absolute Gasteiger partial charge is 0.207 e. The summed E-state index contributed by atoms with van der Waals surface area (Å²) in [6.07, 6.45) is 8.12. The van der Waals surface area contributed by atoms with E-state index in [-0.39, 0.29) is 53.4 Å². The quantitative estimate of drug-likeness (QED) is 0.108. The van der Waals surface area contributed by atoms with Crippen molar-refractivity contribution in [3.05, 3.63) is 64.7 Å². The van der Waals surface area contributed by atoms with Gasteiger partial charge in [0, 0.05) is 39.7 Å². The molecule has 4 bridgehead atoms. The van der Waals surface area contributed by atoms with E-state index in [1.54, 1.807) is 22.9 Å². The van der Waals surface area contributed by atoms with Gasteiger partial charge >= 0.3 is 0 Å². The van der Waals surface area contributed by atoms with Crippen molar-refractivity contribution in [3.8, 4) is 51.4 Å². The summed E-state index contributed by atoms with van der Waals surface area (Å²) in [4.78, 5) is 0. The minimum atomic E-state index is -1.08. The summed E-state index contributed by atoms with van der Waals surface area (Å²) in [7, 11) is 4.95. The highest BCUT2D eigenvalue weighted by atomic mass is 33.1. The molecule has 0 spiro atoms. The standard InChI is InChI=1S/C40H48O9S2/c1-21(2)11-13-47-33-18-29(36(43)40(46-3)38(33)45)39-37(44)30-20-50-51-25-6-4-5-22(15-25)7-8-23-16-28-34(26-10-9-24(42)17-27(23)26)31(48-14-12-41)19-32(49-39)35(28)30/h4,6,9-10,17-19,21-23,25,30,37,39,41-45H,5,7-8,11-16,20H2,1-3H3/t22-,23-,25-,30+,37-,39+/m1/s1. The third-order valence-corrected chi connectivity index (χ3v) is 13.5. The van der Waals surface area contributed by atoms with Gasteiger partial charge in [0.2, 0.25) is 11.5 Å². The van der Waals surface area contributed by atoms with E-state index in [1.807, 2.05) is 29.0 Å². The highest BCUT2D eigenvalue weighted by Crippen LogP contribution is 2.58. The van der Waals surface area contributed by atoms with Crippen LogP contribution < -0.4 is 18.9 Å². The minimum absolute atomic E-state index is 0.0765. The Balaban J connectivity index is 1.39. The monoisotopic (exact) mass is 736 g/mol. The SMILES string of the molecule is COc1c(O)c(OCCC(C)C)cc([C@@H]2Oc3cc(OCCO)c4c5c3[C@H](CSS[C@@H]3C=CC[C@H](CC[C@H](C5)c5cc(O)ccc5-4)C3)[C@H]2O)c1O. The summed E-state index contributed by atoms with van der Waals surface area (Å²) in [5, 5.41) is 55.7. The number of allylic oxidation sites excluding steroid dienone is 1. The number of benzene rings is 3. The first-order valence-electron chi connectivity index (χ1n) is 18.0. The van der Waals surface area contributed by atoms with Crippen LogP contribution in [0.15, 0.2) is 42.5 Å². The Morgan fingerprint density at radius 3 is 2.59 bits per heavy atom. The van der Waals surface area contributed by atoms with Gasteiger partial charge in [-0.2, -0.15) is 0 Å². The van der Waals surface area contributed by atoms with E-state index >= 15 is 0 Å². The zero-order valence-electron chi connectivity index (χ0n) is 29.3. The maximum absolute atomic E-state index is 12.4. The molecule has 2 heterocycles. The van der Waals surface area contributed by atoms with Crippen molar-refractivity contribution in [1.82, 2.24) is 0 Å². The Bertz CT molecular complexity index is 1780. The first kappa shape index (κ1) is 36.0. The molecule has 5 N–H and O–H groups in total. The van der Waals surface area contributed by atoms with Crippen LogP contribution in [0.4, 0.5) is 0 Å². The summed E-state index contributed by atoms with van der Waals surface area (Å²) in [6.45, 7) is 4.42. The average molecular weight is 737 g/mol. The van der Waals surface area contributed by atoms with Gasteiger partial charge in [-0.3, -0.25) is 0 Å². The molecular weight excluding hydrogens is 689 g/mol. The molecule has 3 aromatic carbocycles. The molecule has 274 valence electrons. The number of aliphatic hydroxyl groups is 2. The summed E-state index contributed by atoms with van der Waals surface area (Å²) in [5.74, 6) is 1.93. The second-order valence-electron chi connectivity index (χ2n) is 14.5. The predicted molar refractivity (Wildman–Crippen MR) is 201 cm³/mol. The van der Waals surface area contributed by atoms with E-state index in [0.717, 1.165) is 59.9 Å². The molecule has 2 aliphatic heterocycles. The lowest BCUT2D eigenvalue weighted by Crippen LogP contribution is -2.37. The molecule has 0 saturated carbocycles. The third kappa shape index (κ3) is 7.06. The van der Waals surface area contributed by atoms with Gasteiger partial charge in [-0.1, -0.05) is 53.7 Å². The van der Waals surface area contributed by atoms with Crippen LogP contribution in [0.1, 0.15) is 86.1 Å². The van der Waals surface area contributed by atoms with Crippen LogP contribution in [0, 0.1) is 11.8 Å². The van der Waals surface area contributed by atoms with Crippen LogP contribution in [-0.2, 0) is 6.42 Å². The molecule has 7 rings (SSSR count). The third-order valence-electron chi connectivity index (χ3n) is 10.7. The van der Waals surface area contributed by atoms with Crippen molar-refractivity contribution in [1.29, 1.82) is 0 Å². The lowest BCUT2D eigenvalue weighted by Gasteiger charge is -2.41. The van der Waals surface area contributed by atoms with Gasteiger partial charge in [-0.15, -0.1) is 0 Å². The first-order valence-corrected chi connectivity index (χ1v) is 20.4. The Kier molecular flexibility index (Phi) is 10.8. The van der Waals surface area contributed by atoms with E-state index in [1.165, 1.54) is 7.11 Å². The summed E-state index contributed by atoms with van der Waals surface area (Å²) in [5.41, 5.74) is 5.16. The van der Waals surface area contributed by atoms with Gasteiger partial charge in [0.25, 0.3) is 0 Å². The predicted octanol–water partition coefficient (Wildman–Crippen LogP) is 8.00. The highest BCUT2D eigenvalue weighted by Gasteiger charge is 2.45. The van der Waals surface area contributed by atoms with Crippen molar-refractivity contribution >= 4 is 21.6 Å². The molecular formula is C40H48O9S2. The summed E-state index contributed by atoms with van der Waals surface area (Å²) >= 11 is 0. The molecule has 9 nitrogen and oxygen atoms in total. The maximum Gasteiger partial charge on any atom is 0.207 e. The molecule has 0 amide bonds. The van der Waals surface area contributed by atoms with E-state index in [9.17, 15) is 25.5 Å². The number of rotatable bonds is 9. The average Bonchev–Trinajstić information content (AvgIpc) is 3.12. The van der Waals surface area contributed by atoms with Crippen molar-refractivity contribution in [2.24, 2.45) is 11.8 Å². The molecule has 3 aromatic rings. The van der Waals surface area contributed by atoms with Crippen molar-refractivity contribution in [3.63, 3.8) is 0 Å². The zero-order chi connectivity index (χ0) is 35.8. The molecule has 0 saturated heterocycles. The van der Waals surface area contributed by atoms with Crippen LogP contribution >= 0.6 is 21.6 Å². The van der Waals surface area contributed by atoms with Gasteiger partial charge in [0.1, 0.15) is 30.0 Å². The van der Waals surface area contributed by atoms with Crippen LogP contribution in [-0.4, -0.2) is 69.6 Å². The van der Waals surface area contributed by atoms with Crippen molar-refractivity contribution < 1.29 is 44.5 Å². The number of aromatic hydroxyl groups is 3. The molecule has 2 aliphatic carbocycles. The molecule has 11 heteroatoms. The fraction of sp³-hybridized carbons (Fsp3) is 0.500. The van der Waals surface area contributed by atoms with Gasteiger partial charge < -0.3 is 44.5 Å². The lowest BCUT2D eigenvalue weighted by molar-refractivity contribution is 0.00290. The van der Waals surface area contributed by atoms with Crippen LogP contribution in [0.2, 0.25) is 0 Å². The van der Waals surface area contributed by atoms with E-state index < -0.39 is 18.1 Å². The molecule has 0 aromatic heterocycles. The van der Waals surface area contributed by atoms with E-state index in [4.69, 9.17) is 18.9 Å². The number of ether oxygens (including phenoxy) is 4. The normalized spacial score (nSPS) is 25.1. The van der Waals surface area contributed by atoms with Gasteiger partial charge in [0.05, 0.1) is 20.3 Å². The second kappa shape index (κ2) is 15.3. The Morgan fingerprint density at radius 2 is 1.80 bits per heavy atom. The zero-order valence-corrected chi connectivity index (χ0v) is 31.0. The van der Waals surface area contributed by atoms with E-state index in [0.29, 0.717) is 47.4 Å². The number of fused-ring (bicyclic) bond motifs is 6. The lowest BCUT2D eigenvalue weighted by atomic mass is 9.71. The van der Waals surface area contributed by atoms with Gasteiger partial charge in [-0.25, -0.2) is 0 Å². The van der Waals surface area contributed by atoms with Crippen LogP contribution in [0.5, 0.6) is 40.2 Å². The fourth-order valence-electron chi connectivity index (χ4n) is 8.16. The van der Waals surface area contributed by atoms with Crippen molar-refractivity contribution in [2.45, 2.75) is 81.7 Å². The molecule has 0 unspecified atom stereocenters. The Morgan fingerprint density at radius 1 is 0.980 bits per heavy atom. The molecule has 6 atom stereocenters. The molecule has 4 aliphatic rings. The maximum atomic E-state index is 12.4. The topological polar surface area (TPSA) is 138 Å². The number of hydrogen-bond donors (Lipinski definition) is 5. The molecule has 0 radical (unpaired) electrons. The Hall–Kier alpha value is -3.38. The first-order chi connectivity index (χ1) is 24.7. The fourth-order valence-corrected chi connectivity index (χ4v) is 11.1. The number of hydrogen-bond acceptors (Lipinski definition) is 11. The van der Waals surface area contributed by atoms with Gasteiger partial charge in [0.15, 0.2) is 17.6 Å². The molecule has 51 heavy (non-hydrogen) atoms. The van der Waals surface area contributed by atoms with E-state index in [2.05, 4.69) is 26.0 Å². The largest absolute Gasteiger partial charge is 0.508 e. The minimum Gasteiger partial charge on any atom is -0.508 e. The summed E-state index contributed by atoms with van der Waals surface area (Å²) in [6, 6.07) is 8.92. The van der Waals surface area contributed by atoms with Gasteiger partial charge in [-0.05, 0) is 91.2 Å². The number of aliphatic hydroxyl groups excluding tert-OH is 2. The number of phenols is 3. The van der Waals surface area contributed by atoms with Crippen molar-refractivity contribution in [2.75, 3.05) is 32.7 Å². The second-order valence-corrected chi connectivity index (χ2v) is 17.2.